The summed E-state index contributed by atoms with van der Waals surface area (Å²) in [6, 6.07) is 7.35. The number of amides is 1. The third kappa shape index (κ3) is 5.79. The van der Waals surface area contributed by atoms with E-state index >= 15 is 0 Å². The molecule has 1 rings (SSSR count). The van der Waals surface area contributed by atoms with Crippen molar-refractivity contribution in [1.82, 2.24) is 5.32 Å². The molecule has 0 bridgehead atoms. The molecule has 0 saturated carbocycles. The van der Waals surface area contributed by atoms with Gasteiger partial charge in [0.15, 0.2) is 0 Å². The molecule has 0 fully saturated rings. The Kier molecular flexibility index (Phi) is 6.42. The highest BCUT2D eigenvalue weighted by Crippen LogP contribution is 2.17. The molecule has 1 aromatic carbocycles. The number of carbonyl (C=O) groups is 2. The Morgan fingerprint density at radius 3 is 2.53 bits per heavy atom. The topological polar surface area (TPSA) is 55.4 Å². The zero-order valence-corrected chi connectivity index (χ0v) is 12.3. The summed E-state index contributed by atoms with van der Waals surface area (Å²) in [4.78, 5) is 24.0. The summed E-state index contributed by atoms with van der Waals surface area (Å²) in [5, 5.41) is 2.61. The number of rotatable bonds is 6. The van der Waals surface area contributed by atoms with Crippen LogP contribution in [0.25, 0.3) is 0 Å². The maximum atomic E-state index is 11.7. The first-order valence-electron chi connectivity index (χ1n) is 6.18. The van der Waals surface area contributed by atoms with Crippen molar-refractivity contribution in [2.75, 3.05) is 12.4 Å². The fourth-order valence-corrected chi connectivity index (χ4v) is 2.10. The Hall–Kier alpha value is -1.49. The predicted octanol–water partition coefficient (Wildman–Crippen LogP) is 2.15. The zero-order valence-electron chi connectivity index (χ0n) is 11.4. The van der Waals surface area contributed by atoms with Gasteiger partial charge in [-0.05, 0) is 32.9 Å². The van der Waals surface area contributed by atoms with Crippen molar-refractivity contribution in [3.05, 3.63) is 29.8 Å². The number of thioether (sulfide) groups is 1. The Bertz CT molecular complexity index is 431. The number of nitrogens with one attached hydrogen (secondary N) is 1. The third-order valence-corrected chi connectivity index (χ3v) is 3.42. The molecule has 0 aliphatic carbocycles. The van der Waals surface area contributed by atoms with Gasteiger partial charge in [0.25, 0.3) is 0 Å². The van der Waals surface area contributed by atoms with Crippen molar-refractivity contribution in [1.29, 1.82) is 0 Å². The zero-order chi connectivity index (χ0) is 14.3. The van der Waals surface area contributed by atoms with E-state index in [2.05, 4.69) is 5.32 Å². The molecule has 0 spiro atoms. The summed E-state index contributed by atoms with van der Waals surface area (Å²) in [7, 11) is 0. The van der Waals surface area contributed by atoms with Crippen LogP contribution in [0.15, 0.2) is 29.2 Å². The van der Waals surface area contributed by atoms with Crippen molar-refractivity contribution in [2.45, 2.75) is 31.7 Å². The molecule has 0 saturated heterocycles. The minimum Gasteiger partial charge on any atom is -0.464 e. The molecule has 19 heavy (non-hydrogen) atoms. The van der Waals surface area contributed by atoms with Crippen LogP contribution in [0.2, 0.25) is 0 Å². The van der Waals surface area contributed by atoms with Gasteiger partial charge in [-0.2, -0.15) is 0 Å². The number of benzene rings is 1. The van der Waals surface area contributed by atoms with Crippen molar-refractivity contribution in [3.8, 4) is 0 Å². The summed E-state index contributed by atoms with van der Waals surface area (Å²) < 4.78 is 4.82. The monoisotopic (exact) mass is 281 g/mol. The van der Waals surface area contributed by atoms with Crippen molar-refractivity contribution in [2.24, 2.45) is 0 Å². The Labute approximate surface area is 117 Å². The lowest BCUT2D eigenvalue weighted by Gasteiger charge is -2.12. The second-order valence-electron chi connectivity index (χ2n) is 4.14. The van der Waals surface area contributed by atoms with E-state index in [-0.39, 0.29) is 11.7 Å². The molecular formula is C14H19NO3S. The van der Waals surface area contributed by atoms with Crippen molar-refractivity contribution in [3.63, 3.8) is 0 Å². The molecular weight excluding hydrogens is 262 g/mol. The molecule has 1 amide bonds. The first-order chi connectivity index (χ1) is 9.02. The fourth-order valence-electron chi connectivity index (χ4n) is 1.39. The highest BCUT2D eigenvalue weighted by molar-refractivity contribution is 8.00. The van der Waals surface area contributed by atoms with E-state index in [0.29, 0.717) is 6.61 Å². The highest BCUT2D eigenvalue weighted by Gasteiger charge is 2.16. The van der Waals surface area contributed by atoms with Crippen LogP contribution in [-0.2, 0) is 14.3 Å². The smallest absolute Gasteiger partial charge is 0.328 e. The normalized spacial score (nSPS) is 11.7. The third-order valence-electron chi connectivity index (χ3n) is 2.41. The van der Waals surface area contributed by atoms with E-state index < -0.39 is 12.0 Å². The molecule has 5 heteroatoms. The minimum atomic E-state index is -0.605. The van der Waals surface area contributed by atoms with Crippen molar-refractivity contribution < 1.29 is 14.3 Å². The Balaban J connectivity index is 2.35. The van der Waals surface area contributed by atoms with Crippen LogP contribution in [0.5, 0.6) is 0 Å². The van der Waals surface area contributed by atoms with E-state index in [4.69, 9.17) is 4.74 Å². The van der Waals surface area contributed by atoms with Crippen LogP contribution < -0.4 is 5.32 Å². The summed E-state index contributed by atoms with van der Waals surface area (Å²) >= 11 is 1.44. The quantitative estimate of drug-likeness (QED) is 0.641. The molecule has 0 radical (unpaired) electrons. The van der Waals surface area contributed by atoms with Gasteiger partial charge in [0, 0.05) is 4.90 Å². The second kappa shape index (κ2) is 7.84. The number of hydrogen-bond acceptors (Lipinski definition) is 4. The van der Waals surface area contributed by atoms with Gasteiger partial charge in [-0.25, -0.2) is 4.79 Å². The number of hydrogen-bond donors (Lipinski definition) is 1. The van der Waals surface area contributed by atoms with Gasteiger partial charge in [-0.15, -0.1) is 11.8 Å². The molecule has 1 atom stereocenters. The number of aryl methyl sites for hydroxylation is 1. The number of esters is 1. The SMILES string of the molecule is CCOC(=O)C(C)NC(=O)CSc1ccc(C)cc1. The molecule has 0 aliphatic rings. The van der Waals surface area contributed by atoms with Gasteiger partial charge >= 0.3 is 5.97 Å². The molecule has 1 unspecified atom stereocenters. The van der Waals surface area contributed by atoms with Crippen LogP contribution in [0.4, 0.5) is 0 Å². The lowest BCUT2D eigenvalue weighted by Crippen LogP contribution is -2.40. The summed E-state index contributed by atoms with van der Waals surface area (Å²) in [5.41, 5.74) is 1.18. The molecule has 104 valence electrons. The van der Waals surface area contributed by atoms with Gasteiger partial charge in [0.1, 0.15) is 6.04 Å². The Morgan fingerprint density at radius 2 is 1.95 bits per heavy atom. The van der Waals surface area contributed by atoms with E-state index in [1.165, 1.54) is 17.3 Å². The average Bonchev–Trinajstić information content (AvgIpc) is 2.38. The fraction of sp³-hybridized carbons (Fsp3) is 0.429. The lowest BCUT2D eigenvalue weighted by atomic mass is 10.2. The van der Waals surface area contributed by atoms with Gasteiger partial charge in [-0.1, -0.05) is 17.7 Å². The largest absolute Gasteiger partial charge is 0.464 e. The van der Waals surface area contributed by atoms with Crippen LogP contribution in [-0.4, -0.2) is 30.3 Å². The number of ether oxygens (including phenoxy) is 1. The predicted molar refractivity (Wildman–Crippen MR) is 76.1 cm³/mol. The van der Waals surface area contributed by atoms with Gasteiger partial charge in [0.05, 0.1) is 12.4 Å². The molecule has 0 heterocycles. The van der Waals surface area contributed by atoms with E-state index in [1.807, 2.05) is 31.2 Å². The first-order valence-corrected chi connectivity index (χ1v) is 7.17. The van der Waals surface area contributed by atoms with Crippen LogP contribution >= 0.6 is 11.8 Å². The van der Waals surface area contributed by atoms with E-state index in [9.17, 15) is 9.59 Å². The lowest BCUT2D eigenvalue weighted by molar-refractivity contribution is -0.146. The van der Waals surface area contributed by atoms with E-state index in [1.54, 1.807) is 13.8 Å². The maximum Gasteiger partial charge on any atom is 0.328 e. The minimum absolute atomic E-state index is 0.175. The van der Waals surface area contributed by atoms with Gasteiger partial charge in [0.2, 0.25) is 5.91 Å². The van der Waals surface area contributed by atoms with Gasteiger partial charge in [-0.3, -0.25) is 4.79 Å². The van der Waals surface area contributed by atoms with Gasteiger partial charge < -0.3 is 10.1 Å². The second-order valence-corrected chi connectivity index (χ2v) is 5.19. The highest BCUT2D eigenvalue weighted by atomic mass is 32.2. The number of carbonyl (C=O) groups excluding carboxylic acids is 2. The maximum absolute atomic E-state index is 11.7. The average molecular weight is 281 g/mol. The standard InChI is InChI=1S/C14H19NO3S/c1-4-18-14(17)11(3)15-13(16)9-19-12-7-5-10(2)6-8-12/h5-8,11H,4,9H2,1-3H3,(H,15,16). The Morgan fingerprint density at radius 1 is 1.32 bits per heavy atom. The molecule has 0 aromatic heterocycles. The van der Waals surface area contributed by atoms with Crippen LogP contribution in [0, 0.1) is 6.92 Å². The van der Waals surface area contributed by atoms with Crippen LogP contribution in [0.1, 0.15) is 19.4 Å². The molecule has 0 aliphatic heterocycles. The molecule has 1 N–H and O–H groups in total. The molecule has 4 nitrogen and oxygen atoms in total. The van der Waals surface area contributed by atoms with E-state index in [0.717, 1.165) is 4.90 Å². The molecule has 1 aromatic rings. The summed E-state index contributed by atoms with van der Waals surface area (Å²) in [5.74, 6) is -0.297. The van der Waals surface area contributed by atoms with Crippen molar-refractivity contribution >= 4 is 23.6 Å². The summed E-state index contributed by atoms with van der Waals surface area (Å²) in [6.45, 7) is 5.69. The van der Waals surface area contributed by atoms with Crippen LogP contribution in [0.3, 0.4) is 0 Å². The summed E-state index contributed by atoms with van der Waals surface area (Å²) in [6.07, 6.45) is 0. The first kappa shape index (κ1) is 15.6.